The molecule has 0 aliphatic carbocycles. The maximum Gasteiger partial charge on any atom is 0.0865 e. The molecule has 1 aromatic rings. The van der Waals surface area contributed by atoms with E-state index >= 15 is 0 Å². The fraction of sp³-hybridized carbons (Fsp3) is 0.571. The Morgan fingerprint density at radius 2 is 1.68 bits per heavy atom. The molecule has 0 saturated heterocycles. The second-order valence-corrected chi connectivity index (χ2v) is 13.1. The number of rotatable bonds is 7. The summed E-state index contributed by atoms with van der Waals surface area (Å²) >= 11 is 0. The highest BCUT2D eigenvalue weighted by Gasteiger charge is 2.32. The summed E-state index contributed by atoms with van der Waals surface area (Å²) in [6, 6.07) is 10.8. The quantitative estimate of drug-likeness (QED) is 0.282. The van der Waals surface area contributed by atoms with Crippen LogP contribution in [0.15, 0.2) is 41.8 Å². The van der Waals surface area contributed by atoms with Gasteiger partial charge >= 0.3 is 0 Å². The molecule has 1 aromatic carbocycles. The van der Waals surface area contributed by atoms with Gasteiger partial charge in [0, 0.05) is 5.57 Å². The highest BCUT2D eigenvalue weighted by Crippen LogP contribution is 2.36. The minimum Gasteiger partial charge on any atom is -0.125 e. The SMILES string of the molecule is CCCCCCC(=C=C[Si](C)(C)C(C)(C)C)c1ccccc1. The van der Waals surface area contributed by atoms with Gasteiger partial charge in [0.15, 0.2) is 0 Å². The molecular formula is C21H34Si. The van der Waals surface area contributed by atoms with Crippen LogP contribution in [0, 0.1) is 0 Å². The standard InChI is InChI=1S/C21H34Si/c1-7-8-9-11-16-20(19-14-12-10-13-15-19)17-18-22(5,6)21(2,3)4/h10,12-15,18H,7-9,11,16H2,1-6H3. The van der Waals surface area contributed by atoms with Gasteiger partial charge in [-0.15, -0.1) is 5.73 Å². The van der Waals surface area contributed by atoms with E-state index in [2.05, 4.69) is 82.6 Å². The third kappa shape index (κ3) is 5.99. The van der Waals surface area contributed by atoms with Crippen molar-refractivity contribution in [3.63, 3.8) is 0 Å². The normalized spacial score (nSPS) is 11.9. The largest absolute Gasteiger partial charge is 0.125 e. The molecule has 0 bridgehead atoms. The van der Waals surface area contributed by atoms with E-state index < -0.39 is 8.07 Å². The van der Waals surface area contributed by atoms with E-state index in [-0.39, 0.29) is 0 Å². The van der Waals surface area contributed by atoms with Crippen LogP contribution < -0.4 is 0 Å². The maximum absolute atomic E-state index is 3.71. The van der Waals surface area contributed by atoms with E-state index in [4.69, 9.17) is 0 Å². The molecule has 122 valence electrons. The summed E-state index contributed by atoms with van der Waals surface area (Å²) in [6.45, 7) is 14.2. The van der Waals surface area contributed by atoms with Gasteiger partial charge in [-0.25, -0.2) is 0 Å². The van der Waals surface area contributed by atoms with Crippen LogP contribution in [0.1, 0.15) is 65.4 Å². The number of hydrogen-bond acceptors (Lipinski definition) is 0. The van der Waals surface area contributed by atoms with E-state index in [1.807, 2.05) is 0 Å². The second-order valence-electron chi connectivity index (χ2n) is 7.92. The Hall–Kier alpha value is -1.04. The van der Waals surface area contributed by atoms with Gasteiger partial charge in [-0.05, 0) is 23.4 Å². The Kier molecular flexibility index (Phi) is 7.39. The van der Waals surface area contributed by atoms with Crippen LogP contribution >= 0.6 is 0 Å². The number of hydrogen-bond donors (Lipinski definition) is 0. The predicted molar refractivity (Wildman–Crippen MR) is 104 cm³/mol. The monoisotopic (exact) mass is 314 g/mol. The molecule has 0 unspecified atom stereocenters. The molecule has 0 aliphatic heterocycles. The average Bonchev–Trinajstić information content (AvgIpc) is 2.46. The van der Waals surface area contributed by atoms with Gasteiger partial charge in [0.2, 0.25) is 0 Å². The lowest BCUT2D eigenvalue weighted by Gasteiger charge is -2.33. The Balaban J connectivity index is 3.02. The van der Waals surface area contributed by atoms with E-state index in [1.54, 1.807) is 0 Å². The van der Waals surface area contributed by atoms with Crippen molar-refractivity contribution in [2.45, 2.75) is 77.9 Å². The first kappa shape index (κ1) is 19.0. The summed E-state index contributed by atoms with van der Waals surface area (Å²) in [5.74, 6) is 0. The van der Waals surface area contributed by atoms with E-state index in [1.165, 1.54) is 36.8 Å². The molecule has 0 amide bonds. The smallest absolute Gasteiger partial charge is 0.0865 e. The van der Waals surface area contributed by atoms with Crippen LogP contribution in [-0.4, -0.2) is 8.07 Å². The van der Waals surface area contributed by atoms with E-state index in [0.717, 1.165) is 6.42 Å². The zero-order valence-electron chi connectivity index (χ0n) is 15.5. The third-order valence-corrected chi connectivity index (χ3v) is 9.67. The zero-order valence-corrected chi connectivity index (χ0v) is 16.5. The molecule has 0 atom stereocenters. The van der Waals surface area contributed by atoms with Crippen LogP contribution in [0.3, 0.4) is 0 Å². The summed E-state index contributed by atoms with van der Waals surface area (Å²) in [4.78, 5) is 0. The predicted octanol–water partition coefficient (Wildman–Crippen LogP) is 7.24. The second kappa shape index (κ2) is 8.55. The minimum absolute atomic E-state index is 0.379. The summed E-state index contributed by atoms with van der Waals surface area (Å²) in [5.41, 5.74) is 8.87. The summed E-state index contributed by atoms with van der Waals surface area (Å²) in [5, 5.41) is 0.379. The van der Waals surface area contributed by atoms with Crippen molar-refractivity contribution in [3.8, 4) is 0 Å². The lowest BCUT2D eigenvalue weighted by molar-refractivity contribution is 0.679. The van der Waals surface area contributed by atoms with Crippen molar-refractivity contribution in [1.29, 1.82) is 0 Å². The van der Waals surface area contributed by atoms with Crippen molar-refractivity contribution in [3.05, 3.63) is 47.3 Å². The summed E-state index contributed by atoms with van der Waals surface area (Å²) in [7, 11) is -1.41. The fourth-order valence-corrected chi connectivity index (χ4v) is 3.12. The van der Waals surface area contributed by atoms with Crippen LogP contribution in [-0.2, 0) is 0 Å². The molecule has 1 heteroatoms. The number of unbranched alkanes of at least 4 members (excludes halogenated alkanes) is 3. The lowest BCUT2D eigenvalue weighted by atomic mass is 10.0. The number of allylic oxidation sites excluding steroid dienone is 1. The summed E-state index contributed by atoms with van der Waals surface area (Å²) in [6.07, 6.45) is 6.39. The maximum atomic E-state index is 3.71. The minimum atomic E-state index is -1.41. The van der Waals surface area contributed by atoms with Crippen molar-refractivity contribution in [1.82, 2.24) is 0 Å². The Morgan fingerprint density at radius 3 is 2.23 bits per heavy atom. The molecule has 0 saturated carbocycles. The molecule has 0 spiro atoms. The van der Waals surface area contributed by atoms with Gasteiger partial charge in [-0.2, -0.15) is 0 Å². The van der Waals surface area contributed by atoms with Gasteiger partial charge < -0.3 is 0 Å². The molecule has 0 heterocycles. The van der Waals surface area contributed by atoms with Crippen LogP contribution in [0.25, 0.3) is 5.57 Å². The molecule has 1 rings (SSSR count). The van der Waals surface area contributed by atoms with Gasteiger partial charge in [-0.3, -0.25) is 0 Å². The van der Waals surface area contributed by atoms with E-state index in [0.29, 0.717) is 5.04 Å². The molecule has 0 aromatic heterocycles. The highest BCUT2D eigenvalue weighted by atomic mass is 28.3. The zero-order chi connectivity index (χ0) is 16.6. The van der Waals surface area contributed by atoms with Gasteiger partial charge in [0.25, 0.3) is 0 Å². The average molecular weight is 315 g/mol. The fourth-order valence-electron chi connectivity index (χ4n) is 2.15. The number of benzene rings is 1. The van der Waals surface area contributed by atoms with Gasteiger partial charge in [0.1, 0.15) is 0 Å². The van der Waals surface area contributed by atoms with Crippen molar-refractivity contribution in [2.24, 2.45) is 0 Å². The Labute approximate surface area is 139 Å². The Bertz CT molecular complexity index is 496. The van der Waals surface area contributed by atoms with Crippen LogP contribution in [0.5, 0.6) is 0 Å². The van der Waals surface area contributed by atoms with Gasteiger partial charge in [0.05, 0.1) is 8.07 Å². The third-order valence-electron chi connectivity index (χ3n) is 4.94. The molecule has 0 fully saturated rings. The molecule has 0 aliphatic rings. The highest BCUT2D eigenvalue weighted by molar-refractivity contribution is 6.84. The van der Waals surface area contributed by atoms with Crippen molar-refractivity contribution in [2.75, 3.05) is 0 Å². The van der Waals surface area contributed by atoms with Crippen molar-refractivity contribution < 1.29 is 0 Å². The van der Waals surface area contributed by atoms with Crippen LogP contribution in [0.4, 0.5) is 0 Å². The first-order valence-electron chi connectivity index (χ1n) is 8.80. The molecule has 0 N–H and O–H groups in total. The first-order valence-corrected chi connectivity index (χ1v) is 11.9. The molecule has 0 radical (unpaired) electrons. The topological polar surface area (TPSA) is 0 Å². The molecular weight excluding hydrogens is 280 g/mol. The molecule has 22 heavy (non-hydrogen) atoms. The first-order chi connectivity index (χ1) is 10.3. The van der Waals surface area contributed by atoms with Crippen LogP contribution in [0.2, 0.25) is 18.1 Å². The lowest BCUT2D eigenvalue weighted by Crippen LogP contribution is -2.34. The Morgan fingerprint density at radius 1 is 1.05 bits per heavy atom. The van der Waals surface area contributed by atoms with E-state index in [9.17, 15) is 0 Å². The van der Waals surface area contributed by atoms with Gasteiger partial charge in [-0.1, -0.05) is 96.1 Å². The van der Waals surface area contributed by atoms with Crippen molar-refractivity contribution >= 4 is 13.6 Å². The molecule has 0 nitrogen and oxygen atoms in total. The summed E-state index contributed by atoms with van der Waals surface area (Å²) < 4.78 is 0.